The maximum Gasteiger partial charge on any atom is 0.226 e. The van der Waals surface area contributed by atoms with Crippen LogP contribution < -0.4 is 11.1 Å². The van der Waals surface area contributed by atoms with Crippen LogP contribution in [-0.2, 0) is 4.79 Å². The molecule has 0 bridgehead atoms. The van der Waals surface area contributed by atoms with Crippen molar-refractivity contribution in [3.8, 4) is 0 Å². The maximum absolute atomic E-state index is 11.9. The van der Waals surface area contributed by atoms with Crippen molar-refractivity contribution >= 4 is 33.5 Å². The number of nitrogens with zero attached hydrogens (tertiary/aromatic N) is 2. The molecule has 1 saturated heterocycles. The van der Waals surface area contributed by atoms with Crippen molar-refractivity contribution in [3.63, 3.8) is 0 Å². The molecular weight excluding hydrogens is 344 g/mol. The molecule has 2 rings (SSSR count). The number of carbonyl (C=O) groups is 1. The van der Waals surface area contributed by atoms with Gasteiger partial charge in [-0.25, -0.2) is 0 Å². The van der Waals surface area contributed by atoms with E-state index < -0.39 is 0 Å². The average Bonchev–Trinajstić information content (AvgIpc) is 2.79. The van der Waals surface area contributed by atoms with Gasteiger partial charge in [0.15, 0.2) is 5.96 Å². The second kappa shape index (κ2) is 8.78. The lowest BCUT2D eigenvalue weighted by Crippen LogP contribution is -2.38. The van der Waals surface area contributed by atoms with E-state index in [4.69, 9.17) is 5.73 Å². The molecule has 0 unspecified atom stereocenters. The highest BCUT2D eigenvalue weighted by atomic mass is 79.9. The fourth-order valence-electron chi connectivity index (χ4n) is 2.43. The molecule has 0 spiro atoms. The number of halogens is 1. The van der Waals surface area contributed by atoms with Crippen LogP contribution in [0.3, 0.4) is 0 Å². The monoisotopic (exact) mass is 366 g/mol. The van der Waals surface area contributed by atoms with Crippen molar-refractivity contribution in [1.29, 1.82) is 0 Å². The quantitative estimate of drug-likeness (QED) is 0.635. The number of amides is 1. The lowest BCUT2D eigenvalue weighted by molar-refractivity contribution is -0.116. The molecule has 1 aliphatic rings. The first-order valence-corrected chi connectivity index (χ1v) is 8.55. The van der Waals surface area contributed by atoms with Gasteiger partial charge in [-0.3, -0.25) is 9.79 Å². The summed E-state index contributed by atoms with van der Waals surface area (Å²) in [7, 11) is 0. The molecule has 0 atom stereocenters. The molecule has 3 N–H and O–H groups in total. The number of rotatable bonds is 4. The molecule has 0 radical (unpaired) electrons. The Balaban J connectivity index is 1.75. The summed E-state index contributed by atoms with van der Waals surface area (Å²) in [5, 5.41) is 2.85. The standard InChI is InChI=1S/C16H23BrN4O/c17-13-5-7-14(8-6-13)20-15(22)9-10-19-16(18)21-11-3-1-2-4-12-21/h5-8H,1-4,9-12H2,(H2,18,19)(H,20,22). The number of carbonyl (C=O) groups excluding carboxylic acids is 1. The summed E-state index contributed by atoms with van der Waals surface area (Å²) in [6.45, 7) is 2.37. The first-order chi connectivity index (χ1) is 10.6. The van der Waals surface area contributed by atoms with E-state index in [1.54, 1.807) is 0 Å². The van der Waals surface area contributed by atoms with Gasteiger partial charge < -0.3 is 16.0 Å². The fourth-order valence-corrected chi connectivity index (χ4v) is 2.69. The van der Waals surface area contributed by atoms with Gasteiger partial charge in [0, 0.05) is 29.7 Å². The van der Waals surface area contributed by atoms with Crippen molar-refractivity contribution in [2.45, 2.75) is 32.1 Å². The third-order valence-corrected chi connectivity index (χ3v) is 4.20. The summed E-state index contributed by atoms with van der Waals surface area (Å²) in [5.74, 6) is 0.521. The Hall–Kier alpha value is -1.56. The largest absolute Gasteiger partial charge is 0.370 e. The Morgan fingerprint density at radius 3 is 2.45 bits per heavy atom. The van der Waals surface area contributed by atoms with Gasteiger partial charge in [0.1, 0.15) is 0 Å². The molecule has 6 heteroatoms. The number of benzene rings is 1. The number of nitrogens with two attached hydrogens (primary N) is 1. The molecule has 0 saturated carbocycles. The van der Waals surface area contributed by atoms with Crippen molar-refractivity contribution in [3.05, 3.63) is 28.7 Å². The van der Waals surface area contributed by atoms with Crippen LogP contribution >= 0.6 is 15.9 Å². The molecule has 5 nitrogen and oxygen atoms in total. The summed E-state index contributed by atoms with van der Waals surface area (Å²) in [4.78, 5) is 18.3. The number of nitrogens with one attached hydrogen (secondary N) is 1. The van der Waals surface area contributed by atoms with Crippen LogP contribution in [-0.4, -0.2) is 36.4 Å². The number of likely N-dealkylation sites (tertiary alicyclic amines) is 1. The summed E-state index contributed by atoms with van der Waals surface area (Å²) in [6.07, 6.45) is 5.20. The van der Waals surface area contributed by atoms with E-state index in [1.807, 2.05) is 24.3 Å². The number of guanidine groups is 1. The van der Waals surface area contributed by atoms with E-state index in [-0.39, 0.29) is 5.91 Å². The Morgan fingerprint density at radius 2 is 1.82 bits per heavy atom. The van der Waals surface area contributed by atoms with Crippen molar-refractivity contribution in [1.82, 2.24) is 4.90 Å². The van der Waals surface area contributed by atoms with Crippen LogP contribution in [0, 0.1) is 0 Å². The predicted molar refractivity (Wildman–Crippen MR) is 93.9 cm³/mol. The molecule has 1 aliphatic heterocycles. The molecular formula is C16H23BrN4O. The second-order valence-electron chi connectivity index (χ2n) is 5.45. The van der Waals surface area contributed by atoms with Gasteiger partial charge in [-0.15, -0.1) is 0 Å². The van der Waals surface area contributed by atoms with Crippen LogP contribution in [0.15, 0.2) is 33.7 Å². The molecule has 1 aromatic rings. The first kappa shape index (κ1) is 16.8. The molecule has 1 amide bonds. The van der Waals surface area contributed by atoms with E-state index in [2.05, 4.69) is 31.1 Å². The molecule has 22 heavy (non-hydrogen) atoms. The zero-order valence-electron chi connectivity index (χ0n) is 12.7. The van der Waals surface area contributed by atoms with Crippen LogP contribution in [0.25, 0.3) is 0 Å². The highest BCUT2D eigenvalue weighted by molar-refractivity contribution is 9.10. The van der Waals surface area contributed by atoms with Gasteiger partial charge in [-0.05, 0) is 37.1 Å². The fraction of sp³-hybridized carbons (Fsp3) is 0.500. The summed E-state index contributed by atoms with van der Waals surface area (Å²) >= 11 is 3.36. The van der Waals surface area contributed by atoms with Crippen LogP contribution in [0.1, 0.15) is 32.1 Å². The van der Waals surface area contributed by atoms with E-state index in [1.165, 1.54) is 25.7 Å². The Bertz CT molecular complexity index is 507. The third-order valence-electron chi connectivity index (χ3n) is 3.67. The summed E-state index contributed by atoms with van der Waals surface area (Å²) in [6, 6.07) is 7.50. The topological polar surface area (TPSA) is 70.7 Å². The zero-order chi connectivity index (χ0) is 15.8. The average molecular weight is 367 g/mol. The predicted octanol–water partition coefficient (Wildman–Crippen LogP) is 2.97. The Labute approximate surface area is 140 Å². The molecule has 1 fully saturated rings. The number of hydrogen-bond acceptors (Lipinski definition) is 2. The van der Waals surface area contributed by atoms with Gasteiger partial charge >= 0.3 is 0 Å². The smallest absolute Gasteiger partial charge is 0.226 e. The maximum atomic E-state index is 11.9. The number of hydrogen-bond donors (Lipinski definition) is 2. The molecule has 0 aliphatic carbocycles. The molecule has 120 valence electrons. The van der Waals surface area contributed by atoms with Gasteiger partial charge in [-0.1, -0.05) is 28.8 Å². The number of anilines is 1. The van der Waals surface area contributed by atoms with E-state index in [9.17, 15) is 4.79 Å². The Kier molecular flexibility index (Phi) is 6.71. The minimum atomic E-state index is -0.0465. The van der Waals surface area contributed by atoms with Crippen molar-refractivity contribution < 1.29 is 4.79 Å². The van der Waals surface area contributed by atoms with E-state index >= 15 is 0 Å². The lowest BCUT2D eigenvalue weighted by atomic mass is 10.2. The van der Waals surface area contributed by atoms with Crippen LogP contribution in [0.5, 0.6) is 0 Å². The Morgan fingerprint density at radius 1 is 1.18 bits per heavy atom. The summed E-state index contributed by atoms with van der Waals surface area (Å²) in [5.41, 5.74) is 6.80. The molecule has 1 heterocycles. The molecule has 0 aromatic heterocycles. The van der Waals surface area contributed by atoms with Gasteiger partial charge in [-0.2, -0.15) is 0 Å². The lowest BCUT2D eigenvalue weighted by Gasteiger charge is -2.21. The normalized spacial score (nSPS) is 16.2. The van der Waals surface area contributed by atoms with Gasteiger partial charge in [0.2, 0.25) is 5.91 Å². The third kappa shape index (κ3) is 5.67. The van der Waals surface area contributed by atoms with Crippen molar-refractivity contribution in [2.24, 2.45) is 10.7 Å². The highest BCUT2D eigenvalue weighted by Crippen LogP contribution is 2.14. The van der Waals surface area contributed by atoms with Crippen molar-refractivity contribution in [2.75, 3.05) is 25.0 Å². The second-order valence-corrected chi connectivity index (χ2v) is 6.36. The minimum absolute atomic E-state index is 0.0465. The highest BCUT2D eigenvalue weighted by Gasteiger charge is 2.10. The molecule has 1 aromatic carbocycles. The van der Waals surface area contributed by atoms with Crippen LogP contribution in [0.4, 0.5) is 5.69 Å². The van der Waals surface area contributed by atoms with Gasteiger partial charge in [0.25, 0.3) is 0 Å². The minimum Gasteiger partial charge on any atom is -0.370 e. The van der Waals surface area contributed by atoms with E-state index in [0.29, 0.717) is 18.9 Å². The van der Waals surface area contributed by atoms with Crippen LogP contribution in [0.2, 0.25) is 0 Å². The van der Waals surface area contributed by atoms with Gasteiger partial charge in [0.05, 0.1) is 6.54 Å². The van der Waals surface area contributed by atoms with E-state index in [0.717, 1.165) is 23.2 Å². The SMILES string of the molecule is NC(=NCCC(=O)Nc1ccc(Br)cc1)N1CCCCCC1. The first-order valence-electron chi connectivity index (χ1n) is 7.75. The summed E-state index contributed by atoms with van der Waals surface area (Å²) < 4.78 is 0.986. The number of aliphatic imine (C=N–C) groups is 1. The zero-order valence-corrected chi connectivity index (χ0v) is 14.3.